The Morgan fingerprint density at radius 3 is 2.32 bits per heavy atom. The van der Waals surface area contributed by atoms with Crippen LogP contribution in [-0.4, -0.2) is 18.0 Å². The van der Waals surface area contributed by atoms with E-state index in [0.29, 0.717) is 6.42 Å². The number of nitrogens with one attached hydrogen (secondary N) is 2. The molecule has 4 nitrogen and oxygen atoms in total. The molecule has 0 aromatic heterocycles. The zero-order valence-corrected chi connectivity index (χ0v) is 11.8. The molecule has 0 heterocycles. The van der Waals surface area contributed by atoms with Gasteiger partial charge in [0.2, 0.25) is 5.91 Å². The molecule has 0 aliphatic carbocycles. The number of carbonyl (C=O) groups is 2. The van der Waals surface area contributed by atoms with E-state index in [-0.39, 0.29) is 17.9 Å². The summed E-state index contributed by atoms with van der Waals surface area (Å²) in [5, 5.41) is 5.10. The minimum atomic E-state index is -0.422. The second kappa shape index (κ2) is 7.56. The van der Waals surface area contributed by atoms with Crippen molar-refractivity contribution < 1.29 is 9.59 Å². The molecule has 3 amide bonds. The Bertz CT molecular complexity index is 415. The second-order valence-corrected chi connectivity index (χ2v) is 5.21. The number of rotatable bonds is 5. The summed E-state index contributed by atoms with van der Waals surface area (Å²) >= 11 is 0. The molecule has 19 heavy (non-hydrogen) atoms. The van der Waals surface area contributed by atoms with Gasteiger partial charge in [-0.25, -0.2) is 4.79 Å². The summed E-state index contributed by atoms with van der Waals surface area (Å²) in [6.07, 6.45) is 1.10. The number of hydrogen-bond acceptors (Lipinski definition) is 2. The first-order valence-corrected chi connectivity index (χ1v) is 6.61. The third kappa shape index (κ3) is 6.60. The van der Waals surface area contributed by atoms with Gasteiger partial charge in [-0.1, -0.05) is 44.2 Å². The summed E-state index contributed by atoms with van der Waals surface area (Å²) in [6.45, 7) is 5.80. The fraction of sp³-hybridized carbons (Fsp3) is 0.467. The van der Waals surface area contributed by atoms with Gasteiger partial charge in [-0.3, -0.25) is 10.1 Å². The van der Waals surface area contributed by atoms with Crippen molar-refractivity contribution in [3.63, 3.8) is 0 Å². The van der Waals surface area contributed by atoms with Crippen LogP contribution in [0.5, 0.6) is 0 Å². The number of amides is 3. The van der Waals surface area contributed by atoms with E-state index in [1.807, 2.05) is 51.1 Å². The molecule has 2 N–H and O–H groups in total. The predicted molar refractivity (Wildman–Crippen MR) is 75.7 cm³/mol. The van der Waals surface area contributed by atoms with Crippen LogP contribution in [0, 0.1) is 5.92 Å². The fourth-order valence-corrected chi connectivity index (χ4v) is 1.83. The number of imide groups is 1. The SMILES string of the molecule is CC(C)CC(=O)NC(=O)NC(C)Cc1ccccc1. The van der Waals surface area contributed by atoms with Crippen molar-refractivity contribution in [3.05, 3.63) is 35.9 Å². The van der Waals surface area contributed by atoms with Crippen LogP contribution in [0.25, 0.3) is 0 Å². The van der Waals surface area contributed by atoms with Crippen molar-refractivity contribution in [3.8, 4) is 0 Å². The first-order chi connectivity index (χ1) is 8.97. The molecule has 1 unspecified atom stereocenters. The van der Waals surface area contributed by atoms with Crippen molar-refractivity contribution in [1.29, 1.82) is 0 Å². The summed E-state index contributed by atoms with van der Waals surface area (Å²) in [7, 11) is 0. The summed E-state index contributed by atoms with van der Waals surface area (Å²) in [5.41, 5.74) is 1.16. The lowest BCUT2D eigenvalue weighted by Crippen LogP contribution is -2.44. The molecule has 104 valence electrons. The van der Waals surface area contributed by atoms with E-state index < -0.39 is 6.03 Å². The lowest BCUT2D eigenvalue weighted by Gasteiger charge is -2.14. The number of hydrogen-bond donors (Lipinski definition) is 2. The fourth-order valence-electron chi connectivity index (χ4n) is 1.83. The quantitative estimate of drug-likeness (QED) is 0.856. The molecule has 0 spiro atoms. The van der Waals surface area contributed by atoms with E-state index in [1.54, 1.807) is 0 Å². The lowest BCUT2D eigenvalue weighted by atomic mass is 10.1. The van der Waals surface area contributed by atoms with Crippen LogP contribution in [-0.2, 0) is 11.2 Å². The van der Waals surface area contributed by atoms with Crippen molar-refractivity contribution in [1.82, 2.24) is 10.6 Å². The minimum absolute atomic E-state index is 0.0192. The molecule has 0 aliphatic rings. The molecule has 0 fully saturated rings. The van der Waals surface area contributed by atoms with Crippen LogP contribution < -0.4 is 10.6 Å². The standard InChI is InChI=1S/C15H22N2O2/c1-11(2)9-14(18)17-15(19)16-12(3)10-13-7-5-4-6-8-13/h4-8,11-12H,9-10H2,1-3H3,(H2,16,17,18,19). The number of carbonyl (C=O) groups excluding carboxylic acids is 2. The van der Waals surface area contributed by atoms with E-state index in [9.17, 15) is 9.59 Å². The molecule has 1 aromatic carbocycles. The molecular formula is C15H22N2O2. The van der Waals surface area contributed by atoms with Gasteiger partial charge in [0.15, 0.2) is 0 Å². The first kappa shape index (κ1) is 15.2. The highest BCUT2D eigenvalue weighted by Crippen LogP contribution is 2.02. The van der Waals surface area contributed by atoms with Crippen molar-refractivity contribution in [2.45, 2.75) is 39.7 Å². The second-order valence-electron chi connectivity index (χ2n) is 5.21. The smallest absolute Gasteiger partial charge is 0.321 e. The Morgan fingerprint density at radius 1 is 1.11 bits per heavy atom. The van der Waals surface area contributed by atoms with Crippen LogP contribution in [0.2, 0.25) is 0 Å². The van der Waals surface area contributed by atoms with Gasteiger partial charge in [0.1, 0.15) is 0 Å². The molecule has 0 saturated carbocycles. The predicted octanol–water partition coefficient (Wildman–Crippen LogP) is 2.49. The van der Waals surface area contributed by atoms with Crippen LogP contribution in [0.4, 0.5) is 4.79 Å². The van der Waals surface area contributed by atoms with Gasteiger partial charge >= 0.3 is 6.03 Å². The first-order valence-electron chi connectivity index (χ1n) is 6.61. The topological polar surface area (TPSA) is 58.2 Å². The van der Waals surface area contributed by atoms with Crippen LogP contribution >= 0.6 is 0 Å². The Hall–Kier alpha value is -1.84. The average Bonchev–Trinajstić information content (AvgIpc) is 2.28. The van der Waals surface area contributed by atoms with Crippen molar-refractivity contribution >= 4 is 11.9 Å². The van der Waals surface area contributed by atoms with Gasteiger partial charge in [-0.2, -0.15) is 0 Å². The van der Waals surface area contributed by atoms with Gasteiger partial charge in [-0.15, -0.1) is 0 Å². The third-order valence-electron chi connectivity index (χ3n) is 2.61. The number of benzene rings is 1. The summed E-state index contributed by atoms with van der Waals surface area (Å²) in [4.78, 5) is 23.0. The Balaban J connectivity index is 2.34. The highest BCUT2D eigenvalue weighted by Gasteiger charge is 2.12. The molecule has 0 aliphatic heterocycles. The largest absolute Gasteiger partial charge is 0.335 e. The highest BCUT2D eigenvalue weighted by molar-refractivity contribution is 5.94. The maximum absolute atomic E-state index is 11.6. The summed E-state index contributed by atoms with van der Waals surface area (Å²) in [6, 6.07) is 9.48. The van der Waals surface area contributed by atoms with E-state index in [0.717, 1.165) is 12.0 Å². The van der Waals surface area contributed by atoms with Gasteiger partial charge in [0, 0.05) is 12.5 Å². The molecule has 4 heteroatoms. The monoisotopic (exact) mass is 262 g/mol. The van der Waals surface area contributed by atoms with E-state index >= 15 is 0 Å². The van der Waals surface area contributed by atoms with Gasteiger partial charge in [0.05, 0.1) is 0 Å². The zero-order valence-electron chi connectivity index (χ0n) is 11.8. The molecular weight excluding hydrogens is 240 g/mol. The normalized spacial score (nSPS) is 12.0. The molecule has 1 rings (SSSR count). The third-order valence-corrected chi connectivity index (χ3v) is 2.61. The van der Waals surface area contributed by atoms with Crippen LogP contribution in [0.3, 0.4) is 0 Å². The molecule has 1 atom stereocenters. The molecule has 0 saturated heterocycles. The number of urea groups is 1. The Labute approximate surface area is 114 Å². The summed E-state index contributed by atoms with van der Waals surface area (Å²) < 4.78 is 0. The minimum Gasteiger partial charge on any atom is -0.335 e. The van der Waals surface area contributed by atoms with Gasteiger partial charge in [0.25, 0.3) is 0 Å². The maximum Gasteiger partial charge on any atom is 0.321 e. The maximum atomic E-state index is 11.6. The lowest BCUT2D eigenvalue weighted by molar-refractivity contribution is -0.120. The Kier molecular flexibility index (Phi) is 6.06. The van der Waals surface area contributed by atoms with Crippen LogP contribution in [0.1, 0.15) is 32.8 Å². The van der Waals surface area contributed by atoms with E-state index in [2.05, 4.69) is 10.6 Å². The van der Waals surface area contributed by atoms with Gasteiger partial charge < -0.3 is 5.32 Å². The molecule has 1 aromatic rings. The van der Waals surface area contributed by atoms with E-state index in [1.165, 1.54) is 0 Å². The Morgan fingerprint density at radius 2 is 1.74 bits per heavy atom. The average molecular weight is 262 g/mol. The van der Waals surface area contributed by atoms with Crippen molar-refractivity contribution in [2.75, 3.05) is 0 Å². The molecule has 0 bridgehead atoms. The molecule has 0 radical (unpaired) electrons. The van der Waals surface area contributed by atoms with Crippen LogP contribution in [0.15, 0.2) is 30.3 Å². The van der Waals surface area contributed by atoms with Crippen molar-refractivity contribution in [2.24, 2.45) is 5.92 Å². The highest BCUT2D eigenvalue weighted by atomic mass is 16.2. The summed E-state index contributed by atoms with van der Waals surface area (Å²) in [5.74, 6) is 0.00829. The zero-order chi connectivity index (χ0) is 14.3. The van der Waals surface area contributed by atoms with Gasteiger partial charge in [-0.05, 0) is 24.8 Å². The van der Waals surface area contributed by atoms with E-state index in [4.69, 9.17) is 0 Å².